The van der Waals surface area contributed by atoms with Gasteiger partial charge in [0.2, 0.25) is 0 Å². The number of carbonyl (C=O) groups excluding carboxylic acids is 2. The van der Waals surface area contributed by atoms with Crippen LogP contribution < -0.4 is 5.32 Å². The molecule has 170 valence electrons. The second kappa shape index (κ2) is 9.83. The van der Waals surface area contributed by atoms with E-state index >= 15 is 0 Å². The molecule has 0 saturated carbocycles. The molecule has 1 aromatic carbocycles. The van der Waals surface area contributed by atoms with E-state index in [0.29, 0.717) is 5.56 Å². The lowest BCUT2D eigenvalue weighted by Crippen LogP contribution is -2.52. The van der Waals surface area contributed by atoms with E-state index < -0.39 is 38.1 Å². The number of alkyl carbamates (subject to hydrolysis) is 1. The van der Waals surface area contributed by atoms with E-state index in [0.717, 1.165) is 0 Å². The lowest BCUT2D eigenvalue weighted by Gasteiger charge is -2.41. The molecular weight excluding hydrogens is 402 g/mol. The Bertz CT molecular complexity index is 719. The van der Waals surface area contributed by atoms with Gasteiger partial charge in [0, 0.05) is 0 Å². The maximum Gasteiger partial charge on any atom is 0.408 e. The number of carbonyl (C=O) groups is 2. The molecule has 0 aliphatic carbocycles. The highest BCUT2D eigenvalue weighted by molar-refractivity contribution is 6.74. The number of amides is 1. The molecule has 0 bridgehead atoms. The summed E-state index contributed by atoms with van der Waals surface area (Å²) in [5.41, 5.74) is -0.0795. The predicted molar refractivity (Wildman–Crippen MR) is 119 cm³/mol. The number of hydrogen-bond donors (Lipinski definition) is 2. The highest BCUT2D eigenvalue weighted by Crippen LogP contribution is 2.41. The van der Waals surface area contributed by atoms with Crippen LogP contribution in [0.25, 0.3) is 0 Å². The van der Waals surface area contributed by atoms with E-state index in [1.807, 2.05) is 0 Å². The van der Waals surface area contributed by atoms with Gasteiger partial charge < -0.3 is 24.3 Å². The summed E-state index contributed by atoms with van der Waals surface area (Å²) in [6.45, 7) is 17.5. The van der Waals surface area contributed by atoms with E-state index in [1.165, 1.54) is 12.1 Å². The first kappa shape index (κ1) is 26.0. The van der Waals surface area contributed by atoms with Gasteiger partial charge in [-0.25, -0.2) is 9.59 Å². The van der Waals surface area contributed by atoms with E-state index in [1.54, 1.807) is 39.8 Å². The van der Waals surface area contributed by atoms with Crippen molar-refractivity contribution in [3.05, 3.63) is 29.8 Å². The van der Waals surface area contributed by atoms with E-state index in [9.17, 15) is 14.7 Å². The quantitative estimate of drug-likeness (QED) is 0.463. The SMILES string of the molecule is CCOC(=O)[C@@H](NC(=O)OC(C)(C)C)[C@H](O[Si](C)(C)C(C)(C)C)c1ccc(O)cc1. The first-order chi connectivity index (χ1) is 13.6. The minimum atomic E-state index is -2.36. The van der Waals surface area contributed by atoms with Crippen molar-refractivity contribution >= 4 is 20.4 Å². The summed E-state index contributed by atoms with van der Waals surface area (Å²) in [4.78, 5) is 25.4. The largest absolute Gasteiger partial charge is 0.508 e. The van der Waals surface area contributed by atoms with Crippen LogP contribution in [0.3, 0.4) is 0 Å². The molecule has 0 spiro atoms. The van der Waals surface area contributed by atoms with Crippen molar-refractivity contribution in [3.8, 4) is 5.75 Å². The van der Waals surface area contributed by atoms with Crippen LogP contribution in [0.1, 0.15) is 60.1 Å². The lowest BCUT2D eigenvalue weighted by atomic mass is 10.0. The molecule has 2 N–H and O–H groups in total. The van der Waals surface area contributed by atoms with Crippen LogP contribution in [0.5, 0.6) is 5.75 Å². The Labute approximate surface area is 181 Å². The molecule has 0 aromatic heterocycles. The molecule has 8 heteroatoms. The van der Waals surface area contributed by atoms with Crippen molar-refractivity contribution < 1.29 is 28.6 Å². The van der Waals surface area contributed by atoms with Gasteiger partial charge in [-0.05, 0) is 63.5 Å². The third-order valence-corrected chi connectivity index (χ3v) is 9.42. The topological polar surface area (TPSA) is 94.1 Å². The number of nitrogens with one attached hydrogen (secondary N) is 1. The number of rotatable bonds is 7. The Kier molecular flexibility index (Phi) is 8.51. The van der Waals surface area contributed by atoms with Crippen molar-refractivity contribution in [2.24, 2.45) is 0 Å². The summed E-state index contributed by atoms with van der Waals surface area (Å²) >= 11 is 0. The molecule has 0 unspecified atom stereocenters. The number of aromatic hydroxyl groups is 1. The fourth-order valence-corrected chi connectivity index (χ4v) is 3.67. The summed E-state index contributed by atoms with van der Waals surface area (Å²) in [5.74, 6) is -0.516. The number of hydrogen-bond acceptors (Lipinski definition) is 6. The Hall–Kier alpha value is -2.06. The van der Waals surface area contributed by atoms with Crippen molar-refractivity contribution in [3.63, 3.8) is 0 Å². The molecule has 0 heterocycles. The van der Waals surface area contributed by atoms with Gasteiger partial charge in [0.1, 0.15) is 17.5 Å². The average molecular weight is 440 g/mol. The lowest BCUT2D eigenvalue weighted by molar-refractivity contribution is -0.148. The fourth-order valence-electron chi connectivity index (χ4n) is 2.41. The zero-order valence-electron chi connectivity index (χ0n) is 19.7. The summed E-state index contributed by atoms with van der Waals surface area (Å²) in [6, 6.07) is 5.28. The van der Waals surface area contributed by atoms with Crippen LogP contribution in [0.4, 0.5) is 4.79 Å². The standard InChI is InChI=1S/C22H37NO6Si/c1-10-27-19(25)17(23-20(26)28-21(2,3)4)18(15-11-13-16(24)14-12-15)29-30(8,9)22(5,6)7/h11-14,17-18,24H,10H2,1-9H3,(H,23,26)/t17-,18+/m0/s1. The number of benzene rings is 1. The van der Waals surface area contributed by atoms with Gasteiger partial charge in [0.15, 0.2) is 14.4 Å². The van der Waals surface area contributed by atoms with Gasteiger partial charge in [-0.3, -0.25) is 0 Å². The molecule has 0 fully saturated rings. The number of ether oxygens (including phenoxy) is 2. The summed E-state index contributed by atoms with van der Waals surface area (Å²) < 4.78 is 17.2. The summed E-state index contributed by atoms with van der Waals surface area (Å²) in [5, 5.41) is 12.2. The van der Waals surface area contributed by atoms with Crippen LogP contribution >= 0.6 is 0 Å². The minimum Gasteiger partial charge on any atom is -0.508 e. The van der Waals surface area contributed by atoms with Crippen molar-refractivity contribution in [1.82, 2.24) is 5.32 Å². The zero-order chi connectivity index (χ0) is 23.3. The van der Waals surface area contributed by atoms with Gasteiger partial charge in [-0.2, -0.15) is 0 Å². The maximum absolute atomic E-state index is 12.9. The molecular formula is C22H37NO6Si. The molecule has 0 radical (unpaired) electrons. The second-order valence-electron chi connectivity index (χ2n) is 9.77. The molecule has 0 aliphatic heterocycles. The van der Waals surface area contributed by atoms with Crippen LogP contribution in [0.15, 0.2) is 24.3 Å². The third kappa shape index (κ3) is 7.64. The minimum absolute atomic E-state index is 0.0950. The van der Waals surface area contributed by atoms with E-state index in [2.05, 4.69) is 39.2 Å². The molecule has 0 saturated heterocycles. The van der Waals surface area contributed by atoms with Gasteiger partial charge >= 0.3 is 12.1 Å². The van der Waals surface area contributed by atoms with Crippen molar-refractivity contribution in [2.45, 2.75) is 84.3 Å². The van der Waals surface area contributed by atoms with Crippen LogP contribution in [-0.4, -0.2) is 43.7 Å². The van der Waals surface area contributed by atoms with Crippen molar-refractivity contribution in [2.75, 3.05) is 6.61 Å². The molecule has 1 aromatic rings. The molecule has 2 atom stereocenters. The predicted octanol–water partition coefficient (Wildman–Crippen LogP) is 4.91. The Morgan fingerprint density at radius 3 is 2.03 bits per heavy atom. The monoisotopic (exact) mass is 439 g/mol. The Morgan fingerprint density at radius 1 is 1.07 bits per heavy atom. The van der Waals surface area contributed by atoms with Gasteiger partial charge in [-0.1, -0.05) is 32.9 Å². The number of phenolic OH excluding ortho intramolecular Hbond substituents is 1. The Morgan fingerprint density at radius 2 is 1.60 bits per heavy atom. The molecule has 30 heavy (non-hydrogen) atoms. The van der Waals surface area contributed by atoms with Crippen LogP contribution in [0, 0.1) is 0 Å². The average Bonchev–Trinajstić information content (AvgIpc) is 2.56. The zero-order valence-corrected chi connectivity index (χ0v) is 20.7. The van der Waals surface area contributed by atoms with Crippen LogP contribution in [-0.2, 0) is 18.7 Å². The normalized spacial score (nSPS) is 14.6. The first-order valence-corrected chi connectivity index (χ1v) is 13.1. The second-order valence-corrected chi connectivity index (χ2v) is 14.5. The first-order valence-electron chi connectivity index (χ1n) is 10.2. The number of esters is 1. The van der Waals surface area contributed by atoms with Gasteiger partial charge in [0.25, 0.3) is 0 Å². The highest BCUT2D eigenvalue weighted by atomic mass is 28.4. The van der Waals surface area contributed by atoms with Gasteiger partial charge in [0.05, 0.1) is 6.61 Å². The smallest absolute Gasteiger partial charge is 0.408 e. The summed E-state index contributed by atoms with van der Waals surface area (Å²) in [6.07, 6.45) is -1.54. The Balaban J connectivity index is 3.41. The molecule has 7 nitrogen and oxygen atoms in total. The fraction of sp³-hybridized carbons (Fsp3) is 0.636. The van der Waals surface area contributed by atoms with Crippen LogP contribution in [0.2, 0.25) is 18.1 Å². The van der Waals surface area contributed by atoms with E-state index in [-0.39, 0.29) is 17.4 Å². The molecule has 1 amide bonds. The van der Waals surface area contributed by atoms with Gasteiger partial charge in [-0.15, -0.1) is 0 Å². The van der Waals surface area contributed by atoms with E-state index in [4.69, 9.17) is 13.9 Å². The number of phenols is 1. The highest BCUT2D eigenvalue weighted by Gasteiger charge is 2.44. The molecule has 1 rings (SSSR count). The van der Waals surface area contributed by atoms with Crippen molar-refractivity contribution in [1.29, 1.82) is 0 Å². The molecule has 0 aliphatic rings. The maximum atomic E-state index is 12.9. The third-order valence-electron chi connectivity index (χ3n) is 4.96. The summed E-state index contributed by atoms with van der Waals surface area (Å²) in [7, 11) is -2.36.